The first kappa shape index (κ1) is 20.4. The van der Waals surface area contributed by atoms with Crippen molar-refractivity contribution in [3.63, 3.8) is 0 Å². The van der Waals surface area contributed by atoms with E-state index in [-0.39, 0.29) is 5.56 Å². The van der Waals surface area contributed by atoms with Crippen LogP contribution in [0, 0.1) is 11.6 Å². The molecule has 0 saturated heterocycles. The summed E-state index contributed by atoms with van der Waals surface area (Å²) in [4.78, 5) is 38.6. The fourth-order valence-corrected chi connectivity index (χ4v) is 2.68. The number of carbonyl (C=O) groups is 3. The van der Waals surface area contributed by atoms with Crippen molar-refractivity contribution >= 4 is 17.6 Å². The molecule has 2 amide bonds. The van der Waals surface area contributed by atoms with Gasteiger partial charge in [-0.15, -0.1) is 0 Å². The minimum absolute atomic E-state index is 0.0549. The van der Waals surface area contributed by atoms with Crippen LogP contribution >= 0.6 is 0 Å². The number of amides is 2. The lowest BCUT2D eigenvalue weighted by molar-refractivity contribution is -0.146. The zero-order valence-electron chi connectivity index (χ0n) is 15.0. The van der Waals surface area contributed by atoms with Gasteiger partial charge in [0.15, 0.2) is 5.78 Å². The van der Waals surface area contributed by atoms with Crippen LogP contribution in [0.1, 0.15) is 29.8 Å². The van der Waals surface area contributed by atoms with Crippen LogP contribution < -0.4 is 5.73 Å². The Hall–Kier alpha value is -2.93. The minimum Gasteiger partial charge on any atom is -0.320 e. The van der Waals surface area contributed by atoms with Crippen molar-refractivity contribution in [2.24, 2.45) is 5.73 Å². The lowest BCUT2D eigenvalue weighted by Crippen LogP contribution is -2.52. The molecule has 7 heteroatoms. The summed E-state index contributed by atoms with van der Waals surface area (Å²) in [6.45, 7) is 2.81. The normalized spacial score (nSPS) is 12.9. The summed E-state index contributed by atoms with van der Waals surface area (Å²) < 4.78 is 26.7. The topological polar surface area (TPSA) is 80.5 Å². The number of benzene rings is 2. The van der Waals surface area contributed by atoms with Crippen LogP contribution in [0.2, 0.25) is 0 Å². The van der Waals surface area contributed by atoms with Crippen molar-refractivity contribution in [1.29, 1.82) is 0 Å². The van der Waals surface area contributed by atoms with Crippen LogP contribution in [0.15, 0.2) is 48.5 Å². The number of hydrogen-bond acceptors (Lipinski definition) is 4. The van der Waals surface area contributed by atoms with Crippen molar-refractivity contribution in [2.45, 2.75) is 32.4 Å². The smallest absolute Gasteiger partial charge is 0.246 e. The highest BCUT2D eigenvalue weighted by Crippen LogP contribution is 2.15. The number of carbonyl (C=O) groups excluding carboxylic acids is 3. The Morgan fingerprint density at radius 2 is 1.56 bits per heavy atom. The van der Waals surface area contributed by atoms with Crippen molar-refractivity contribution in [3.05, 3.63) is 71.3 Å². The molecule has 0 unspecified atom stereocenters. The van der Waals surface area contributed by atoms with Crippen LogP contribution in [0.25, 0.3) is 0 Å². The van der Waals surface area contributed by atoms with E-state index in [2.05, 4.69) is 0 Å². The van der Waals surface area contributed by atoms with Crippen LogP contribution in [-0.2, 0) is 16.0 Å². The van der Waals surface area contributed by atoms with Crippen LogP contribution in [-0.4, -0.2) is 34.6 Å². The van der Waals surface area contributed by atoms with Gasteiger partial charge in [-0.2, -0.15) is 0 Å². The van der Waals surface area contributed by atoms with Gasteiger partial charge < -0.3 is 5.73 Å². The molecule has 2 atom stereocenters. The molecule has 142 valence electrons. The van der Waals surface area contributed by atoms with E-state index in [4.69, 9.17) is 5.73 Å². The number of rotatable bonds is 6. The SMILES string of the molecule is C[C@H](N)C(=O)N(C(=O)Cc1cc(F)cc(F)c1)[C@@H](C)C(=O)c1ccccc1. The van der Waals surface area contributed by atoms with E-state index >= 15 is 0 Å². The van der Waals surface area contributed by atoms with E-state index in [1.807, 2.05) is 0 Å². The Morgan fingerprint density at radius 3 is 2.07 bits per heavy atom. The Kier molecular flexibility index (Phi) is 6.52. The van der Waals surface area contributed by atoms with Gasteiger partial charge in [-0.25, -0.2) is 8.78 Å². The molecule has 0 heterocycles. The largest absolute Gasteiger partial charge is 0.320 e. The average molecular weight is 374 g/mol. The highest BCUT2D eigenvalue weighted by molar-refractivity contribution is 6.07. The zero-order chi connectivity index (χ0) is 20.1. The predicted molar refractivity (Wildman–Crippen MR) is 95.8 cm³/mol. The van der Waals surface area contributed by atoms with Gasteiger partial charge >= 0.3 is 0 Å². The maximum atomic E-state index is 13.4. The molecule has 2 N–H and O–H groups in total. The molecule has 0 aromatic heterocycles. The fourth-order valence-electron chi connectivity index (χ4n) is 2.68. The molecule has 0 bridgehead atoms. The van der Waals surface area contributed by atoms with Gasteiger partial charge in [0.25, 0.3) is 0 Å². The number of nitrogens with zero attached hydrogens (tertiary/aromatic N) is 1. The Labute approximate surface area is 155 Å². The molecule has 0 saturated carbocycles. The third-order valence-corrected chi connectivity index (χ3v) is 4.00. The van der Waals surface area contributed by atoms with Gasteiger partial charge in [-0.1, -0.05) is 30.3 Å². The van der Waals surface area contributed by atoms with Crippen molar-refractivity contribution in [3.8, 4) is 0 Å². The van der Waals surface area contributed by atoms with Gasteiger partial charge in [-0.05, 0) is 31.5 Å². The second-order valence-corrected chi connectivity index (χ2v) is 6.25. The predicted octanol–water partition coefficient (Wildman–Crippen LogP) is 2.48. The standard InChI is InChI=1S/C20H20F2N2O3/c1-12(23)20(27)24(13(2)19(26)15-6-4-3-5-7-15)18(25)10-14-8-16(21)11-17(22)9-14/h3-9,11-13H,10,23H2,1-2H3/t12-,13-/m0/s1. The van der Waals surface area contributed by atoms with Gasteiger partial charge in [0.1, 0.15) is 11.6 Å². The monoisotopic (exact) mass is 374 g/mol. The number of ketones is 1. The first-order valence-corrected chi connectivity index (χ1v) is 8.36. The van der Waals surface area contributed by atoms with E-state index in [9.17, 15) is 23.2 Å². The fraction of sp³-hybridized carbons (Fsp3) is 0.250. The highest BCUT2D eigenvalue weighted by Gasteiger charge is 2.33. The van der Waals surface area contributed by atoms with E-state index in [1.165, 1.54) is 13.8 Å². The summed E-state index contributed by atoms with van der Waals surface area (Å²) in [6.07, 6.45) is -0.445. The highest BCUT2D eigenvalue weighted by atomic mass is 19.1. The second kappa shape index (κ2) is 8.64. The van der Waals surface area contributed by atoms with Gasteiger partial charge in [0.05, 0.1) is 18.5 Å². The summed E-state index contributed by atoms with van der Waals surface area (Å²) in [5, 5.41) is 0. The summed E-state index contributed by atoms with van der Waals surface area (Å²) in [7, 11) is 0. The lowest BCUT2D eigenvalue weighted by atomic mass is 10.0. The molecule has 0 fully saturated rings. The molecule has 2 aromatic carbocycles. The summed E-state index contributed by atoms with van der Waals surface area (Å²) in [5.41, 5.74) is 6.00. The molecule has 27 heavy (non-hydrogen) atoms. The molecule has 0 aliphatic carbocycles. The van der Waals surface area contributed by atoms with Crippen molar-refractivity contribution in [1.82, 2.24) is 4.90 Å². The molecule has 0 radical (unpaired) electrons. The van der Waals surface area contributed by atoms with E-state index < -0.39 is 47.7 Å². The maximum Gasteiger partial charge on any atom is 0.246 e. The van der Waals surface area contributed by atoms with Crippen molar-refractivity contribution < 1.29 is 23.2 Å². The molecule has 0 aliphatic heterocycles. The molecule has 0 spiro atoms. The maximum absolute atomic E-state index is 13.4. The minimum atomic E-state index is -1.11. The Morgan fingerprint density at radius 1 is 1.00 bits per heavy atom. The first-order chi connectivity index (χ1) is 12.7. The van der Waals surface area contributed by atoms with Gasteiger partial charge in [0, 0.05) is 11.6 Å². The number of hydrogen-bond donors (Lipinski definition) is 1. The molecule has 2 aromatic rings. The van der Waals surface area contributed by atoms with Gasteiger partial charge in [0.2, 0.25) is 11.8 Å². The van der Waals surface area contributed by atoms with Crippen LogP contribution in [0.3, 0.4) is 0 Å². The molecule has 0 aliphatic rings. The second-order valence-electron chi connectivity index (χ2n) is 6.25. The number of nitrogens with two attached hydrogens (primary N) is 1. The van der Waals surface area contributed by atoms with Crippen molar-refractivity contribution in [2.75, 3.05) is 0 Å². The Bertz CT molecular complexity index is 833. The summed E-state index contributed by atoms with van der Waals surface area (Å²) in [5.74, 6) is -3.62. The number of Topliss-reactive ketones (excluding diaryl/α,β-unsaturated/α-hetero) is 1. The lowest BCUT2D eigenvalue weighted by Gasteiger charge is -2.28. The molecular formula is C20H20F2N2O3. The quantitative estimate of drug-likeness (QED) is 0.788. The molecule has 5 nitrogen and oxygen atoms in total. The summed E-state index contributed by atoms with van der Waals surface area (Å²) >= 11 is 0. The molecular weight excluding hydrogens is 354 g/mol. The molecule has 2 rings (SSSR count). The first-order valence-electron chi connectivity index (χ1n) is 8.36. The third-order valence-electron chi connectivity index (χ3n) is 4.00. The Balaban J connectivity index is 2.31. The zero-order valence-corrected chi connectivity index (χ0v) is 15.0. The summed E-state index contributed by atoms with van der Waals surface area (Å²) in [6, 6.07) is 8.74. The van der Waals surface area contributed by atoms with Crippen LogP contribution in [0.4, 0.5) is 8.78 Å². The van der Waals surface area contributed by atoms with Gasteiger partial charge in [-0.3, -0.25) is 19.3 Å². The van der Waals surface area contributed by atoms with E-state index in [0.717, 1.165) is 17.0 Å². The average Bonchev–Trinajstić information content (AvgIpc) is 2.60. The van der Waals surface area contributed by atoms with E-state index in [0.29, 0.717) is 11.6 Å². The third kappa shape index (κ3) is 5.04. The number of halogens is 2. The number of imide groups is 1. The van der Waals surface area contributed by atoms with Crippen LogP contribution in [0.5, 0.6) is 0 Å². The van der Waals surface area contributed by atoms with E-state index in [1.54, 1.807) is 30.3 Å².